The van der Waals surface area contributed by atoms with E-state index in [9.17, 15) is 23.7 Å². The molecule has 0 spiro atoms. The topological polar surface area (TPSA) is 60.2 Å². The fourth-order valence-corrected chi connectivity index (χ4v) is 2.05. The zero-order valence-corrected chi connectivity index (χ0v) is 11.1. The summed E-state index contributed by atoms with van der Waals surface area (Å²) in [5.74, 6) is -1.71. The lowest BCUT2D eigenvalue weighted by Gasteiger charge is -2.07. The fourth-order valence-electron chi connectivity index (χ4n) is 2.05. The highest BCUT2D eigenvalue weighted by molar-refractivity contribution is 5.79. The van der Waals surface area contributed by atoms with Crippen LogP contribution in [0.2, 0.25) is 0 Å². The van der Waals surface area contributed by atoms with E-state index in [-0.39, 0.29) is 29.0 Å². The standard InChI is InChI=1S/C15H11F2NO3/c1-9(19)4-10-5-11(7-13(6-10)18(20)21)14-3-2-12(16)8-15(14)17/h2-3,5-8H,4H2,1H3. The van der Waals surface area contributed by atoms with Crippen LogP contribution in [0.15, 0.2) is 36.4 Å². The van der Waals surface area contributed by atoms with Crippen molar-refractivity contribution in [3.05, 3.63) is 63.7 Å². The molecule has 2 rings (SSSR count). The van der Waals surface area contributed by atoms with Gasteiger partial charge < -0.3 is 0 Å². The maximum absolute atomic E-state index is 13.8. The van der Waals surface area contributed by atoms with Crippen LogP contribution in [0.3, 0.4) is 0 Å². The summed E-state index contributed by atoms with van der Waals surface area (Å²) in [6.07, 6.45) is 0.0114. The summed E-state index contributed by atoms with van der Waals surface area (Å²) in [7, 11) is 0. The third-order valence-corrected chi connectivity index (χ3v) is 2.88. The van der Waals surface area contributed by atoms with Crippen molar-refractivity contribution in [2.24, 2.45) is 0 Å². The van der Waals surface area contributed by atoms with Gasteiger partial charge in [0.2, 0.25) is 0 Å². The summed E-state index contributed by atoms with van der Waals surface area (Å²) < 4.78 is 26.7. The first-order valence-electron chi connectivity index (χ1n) is 6.10. The number of non-ortho nitro benzene ring substituents is 1. The molecule has 0 atom stereocenters. The van der Waals surface area contributed by atoms with Gasteiger partial charge in [-0.1, -0.05) is 6.07 Å². The lowest BCUT2D eigenvalue weighted by molar-refractivity contribution is -0.384. The zero-order valence-electron chi connectivity index (χ0n) is 11.1. The second-order valence-corrected chi connectivity index (χ2v) is 4.65. The van der Waals surface area contributed by atoms with Gasteiger partial charge in [-0.05, 0) is 30.2 Å². The Labute approximate surface area is 119 Å². The Bertz CT molecular complexity index is 729. The molecule has 0 saturated carbocycles. The highest BCUT2D eigenvalue weighted by Crippen LogP contribution is 2.28. The molecule has 0 aliphatic heterocycles. The molecule has 0 N–H and O–H groups in total. The molecule has 0 aliphatic carbocycles. The first-order chi connectivity index (χ1) is 9.86. The molecule has 2 aromatic carbocycles. The maximum atomic E-state index is 13.8. The molecule has 0 fully saturated rings. The molecule has 0 unspecified atom stereocenters. The van der Waals surface area contributed by atoms with Crippen LogP contribution in [0.4, 0.5) is 14.5 Å². The number of hydrogen-bond acceptors (Lipinski definition) is 3. The second-order valence-electron chi connectivity index (χ2n) is 4.65. The monoisotopic (exact) mass is 291 g/mol. The fraction of sp³-hybridized carbons (Fsp3) is 0.133. The first-order valence-corrected chi connectivity index (χ1v) is 6.10. The van der Waals surface area contributed by atoms with E-state index in [4.69, 9.17) is 0 Å². The molecular formula is C15H11F2NO3. The maximum Gasteiger partial charge on any atom is 0.270 e. The van der Waals surface area contributed by atoms with Crippen LogP contribution < -0.4 is 0 Å². The molecule has 6 heteroatoms. The molecular weight excluding hydrogens is 280 g/mol. The number of ketones is 1. The molecule has 4 nitrogen and oxygen atoms in total. The number of halogens is 2. The van der Waals surface area contributed by atoms with E-state index in [1.54, 1.807) is 0 Å². The minimum absolute atomic E-state index is 0.0114. The Morgan fingerprint density at radius 3 is 2.48 bits per heavy atom. The quantitative estimate of drug-likeness (QED) is 0.638. The van der Waals surface area contributed by atoms with Crippen molar-refractivity contribution >= 4 is 11.5 Å². The Balaban J connectivity index is 2.58. The third-order valence-electron chi connectivity index (χ3n) is 2.88. The van der Waals surface area contributed by atoms with Crippen molar-refractivity contribution in [2.45, 2.75) is 13.3 Å². The smallest absolute Gasteiger partial charge is 0.270 e. The third kappa shape index (κ3) is 3.47. The van der Waals surface area contributed by atoms with Crippen LogP contribution in [0.1, 0.15) is 12.5 Å². The highest BCUT2D eigenvalue weighted by Gasteiger charge is 2.14. The predicted molar refractivity (Wildman–Crippen MR) is 72.8 cm³/mol. The molecule has 0 amide bonds. The van der Waals surface area contributed by atoms with Crippen LogP contribution in [0.25, 0.3) is 11.1 Å². The van der Waals surface area contributed by atoms with Crippen LogP contribution in [0, 0.1) is 21.7 Å². The minimum Gasteiger partial charge on any atom is -0.300 e. The van der Waals surface area contributed by atoms with Gasteiger partial charge in [0, 0.05) is 30.2 Å². The molecule has 108 valence electrons. The van der Waals surface area contributed by atoms with Crippen molar-refractivity contribution in [1.82, 2.24) is 0 Å². The molecule has 0 aliphatic rings. The van der Waals surface area contributed by atoms with Gasteiger partial charge in [-0.3, -0.25) is 14.9 Å². The number of carbonyl (C=O) groups excluding carboxylic acids is 1. The van der Waals surface area contributed by atoms with Crippen LogP contribution >= 0.6 is 0 Å². The van der Waals surface area contributed by atoms with E-state index in [0.717, 1.165) is 6.07 Å². The molecule has 0 heterocycles. The predicted octanol–water partition coefficient (Wildman–Crippen LogP) is 3.67. The number of rotatable bonds is 4. The van der Waals surface area contributed by atoms with Crippen LogP contribution in [-0.4, -0.2) is 10.7 Å². The number of hydrogen-bond donors (Lipinski definition) is 0. The van der Waals surface area contributed by atoms with Crippen LogP contribution in [0.5, 0.6) is 0 Å². The van der Waals surface area contributed by atoms with Gasteiger partial charge in [0.05, 0.1) is 4.92 Å². The van der Waals surface area contributed by atoms with Crippen LogP contribution in [-0.2, 0) is 11.2 Å². The molecule has 21 heavy (non-hydrogen) atoms. The van der Waals surface area contributed by atoms with Gasteiger partial charge in [0.15, 0.2) is 0 Å². The van der Waals surface area contributed by atoms with E-state index in [1.165, 1.54) is 31.2 Å². The SMILES string of the molecule is CC(=O)Cc1cc(-c2ccc(F)cc2F)cc([N+](=O)[O-])c1. The van der Waals surface area contributed by atoms with Gasteiger partial charge in [-0.2, -0.15) is 0 Å². The summed E-state index contributed by atoms with van der Waals surface area (Å²) in [4.78, 5) is 21.5. The van der Waals surface area contributed by atoms with Gasteiger partial charge in [-0.15, -0.1) is 0 Å². The minimum atomic E-state index is -0.815. The lowest BCUT2D eigenvalue weighted by atomic mass is 9.99. The lowest BCUT2D eigenvalue weighted by Crippen LogP contribution is -1.99. The Kier molecular flexibility index (Phi) is 4.07. The summed E-state index contributed by atoms with van der Waals surface area (Å²) in [6, 6.07) is 6.94. The van der Waals surface area contributed by atoms with E-state index in [2.05, 4.69) is 0 Å². The summed E-state index contributed by atoms with van der Waals surface area (Å²) >= 11 is 0. The van der Waals surface area contributed by atoms with Crippen molar-refractivity contribution in [3.63, 3.8) is 0 Å². The zero-order chi connectivity index (χ0) is 15.6. The summed E-state index contributed by atoms with van der Waals surface area (Å²) in [5, 5.41) is 10.9. The molecule has 0 bridgehead atoms. The summed E-state index contributed by atoms with van der Waals surface area (Å²) in [5.41, 5.74) is 0.450. The average Bonchev–Trinajstić information content (AvgIpc) is 2.37. The number of carbonyl (C=O) groups is 1. The van der Waals surface area contributed by atoms with E-state index >= 15 is 0 Å². The summed E-state index contributed by atoms with van der Waals surface area (Å²) in [6.45, 7) is 1.36. The number of Topliss-reactive ketones (excluding diaryl/α,β-unsaturated/α-hetero) is 1. The van der Waals surface area contributed by atoms with Gasteiger partial charge >= 0.3 is 0 Å². The number of nitro benzene ring substituents is 1. The van der Waals surface area contributed by atoms with Crippen molar-refractivity contribution in [2.75, 3.05) is 0 Å². The molecule has 2 aromatic rings. The largest absolute Gasteiger partial charge is 0.300 e. The normalized spacial score (nSPS) is 10.4. The molecule has 0 saturated heterocycles. The Morgan fingerprint density at radius 2 is 1.90 bits per heavy atom. The van der Waals surface area contributed by atoms with E-state index in [1.807, 2.05) is 0 Å². The molecule has 0 radical (unpaired) electrons. The van der Waals surface area contributed by atoms with Gasteiger partial charge in [0.1, 0.15) is 17.4 Å². The number of nitro groups is 1. The van der Waals surface area contributed by atoms with Crippen molar-refractivity contribution < 1.29 is 18.5 Å². The molecule has 0 aromatic heterocycles. The van der Waals surface area contributed by atoms with Crippen molar-refractivity contribution in [3.8, 4) is 11.1 Å². The number of nitrogens with zero attached hydrogens (tertiary/aromatic N) is 1. The highest BCUT2D eigenvalue weighted by atomic mass is 19.1. The Morgan fingerprint density at radius 1 is 1.19 bits per heavy atom. The average molecular weight is 291 g/mol. The van der Waals surface area contributed by atoms with Gasteiger partial charge in [-0.25, -0.2) is 8.78 Å². The van der Waals surface area contributed by atoms with Gasteiger partial charge in [0.25, 0.3) is 5.69 Å². The van der Waals surface area contributed by atoms with E-state index < -0.39 is 16.6 Å². The first kappa shape index (κ1) is 14.8. The Hall–Kier alpha value is -2.63. The second kappa shape index (κ2) is 5.78. The van der Waals surface area contributed by atoms with E-state index in [0.29, 0.717) is 11.6 Å². The number of benzene rings is 2. The van der Waals surface area contributed by atoms with Crippen molar-refractivity contribution in [1.29, 1.82) is 0 Å².